The molecular weight excluding hydrogens is 454 g/mol. The Bertz CT molecular complexity index is 1220. The molecule has 0 bridgehead atoms. The topological polar surface area (TPSA) is 73.7 Å². The van der Waals surface area contributed by atoms with Crippen LogP contribution in [-0.4, -0.2) is 47.2 Å². The van der Waals surface area contributed by atoms with Gasteiger partial charge in [-0.25, -0.2) is 4.98 Å². The van der Waals surface area contributed by atoms with Crippen LogP contribution in [0.5, 0.6) is 5.75 Å². The Morgan fingerprint density at radius 2 is 1.81 bits per heavy atom. The van der Waals surface area contributed by atoms with Crippen LogP contribution in [0.2, 0.25) is 0 Å². The summed E-state index contributed by atoms with van der Waals surface area (Å²) in [5, 5.41) is 0.548. The van der Waals surface area contributed by atoms with Gasteiger partial charge in [0.2, 0.25) is 5.91 Å². The molecule has 36 heavy (non-hydrogen) atoms. The lowest BCUT2D eigenvalue weighted by Crippen LogP contribution is -2.43. The Kier molecular flexibility index (Phi) is 8.75. The predicted octanol–water partition coefficient (Wildman–Crippen LogP) is 5.29. The number of carbonyl (C=O) groups is 1. The van der Waals surface area contributed by atoms with E-state index in [1.54, 1.807) is 17.7 Å². The number of amides is 1. The fourth-order valence-corrected chi connectivity index (χ4v) is 5.22. The first-order valence-electron chi connectivity index (χ1n) is 13.1. The van der Waals surface area contributed by atoms with Gasteiger partial charge >= 0.3 is 0 Å². The van der Waals surface area contributed by atoms with Gasteiger partial charge in [0.25, 0.3) is 5.56 Å². The molecule has 1 amide bonds. The smallest absolute Gasteiger partial charge is 0.266 e. The van der Waals surface area contributed by atoms with Crippen molar-refractivity contribution in [3.63, 3.8) is 0 Å². The van der Waals surface area contributed by atoms with Crippen LogP contribution in [0, 0.1) is 5.92 Å². The minimum Gasteiger partial charge on any atom is -0.494 e. The highest BCUT2D eigenvalue weighted by Gasteiger charge is 2.33. The summed E-state index contributed by atoms with van der Waals surface area (Å²) in [5.74, 6) is 1.46. The molecule has 1 saturated carbocycles. The van der Waals surface area contributed by atoms with Crippen molar-refractivity contribution in [2.75, 3.05) is 26.9 Å². The number of aromatic nitrogens is 2. The summed E-state index contributed by atoms with van der Waals surface area (Å²) in [5.41, 5.74) is 1.19. The van der Waals surface area contributed by atoms with E-state index in [-0.39, 0.29) is 23.4 Å². The monoisotopic (exact) mass is 491 g/mol. The number of hydrogen-bond donors (Lipinski definition) is 0. The van der Waals surface area contributed by atoms with E-state index in [4.69, 9.17) is 14.5 Å². The molecule has 0 radical (unpaired) electrons. The number of methoxy groups -OCH3 is 1. The number of carbonyl (C=O) groups excluding carboxylic acids is 1. The van der Waals surface area contributed by atoms with Crippen LogP contribution in [-0.2, 0) is 9.53 Å². The standard InChI is InChI=1S/C29H37N3O4/c1-4-26(31(19-20-35-3)28(33)21-11-7-6-8-12-21)27-30-25-14-10-9-13-24(25)29(34)32(27)22-15-17-23(18-16-22)36-5-2/h9-10,13-18,21,26H,4-8,11-12,19-20H2,1-3H3. The van der Waals surface area contributed by atoms with E-state index in [9.17, 15) is 9.59 Å². The number of benzene rings is 2. The Balaban J connectivity index is 1.86. The van der Waals surface area contributed by atoms with Crippen molar-refractivity contribution in [2.24, 2.45) is 5.92 Å². The van der Waals surface area contributed by atoms with Crippen molar-refractivity contribution < 1.29 is 14.3 Å². The molecule has 7 heteroatoms. The minimum atomic E-state index is -0.363. The van der Waals surface area contributed by atoms with Gasteiger partial charge in [-0.1, -0.05) is 38.3 Å². The zero-order chi connectivity index (χ0) is 25.5. The third kappa shape index (κ3) is 5.46. The molecule has 0 N–H and O–H groups in total. The normalized spacial score (nSPS) is 15.1. The number of ether oxygens (including phenoxy) is 2. The lowest BCUT2D eigenvalue weighted by atomic mass is 9.87. The summed E-state index contributed by atoms with van der Waals surface area (Å²) in [6.07, 6.45) is 5.80. The zero-order valence-electron chi connectivity index (χ0n) is 21.6. The molecule has 4 rings (SSSR count). The van der Waals surface area contributed by atoms with Crippen LogP contribution >= 0.6 is 0 Å². The number of hydrogen-bond acceptors (Lipinski definition) is 5. The van der Waals surface area contributed by atoms with Crippen molar-refractivity contribution in [2.45, 2.75) is 58.4 Å². The number of fused-ring (bicyclic) bond motifs is 1. The van der Waals surface area contributed by atoms with Crippen molar-refractivity contribution in [1.29, 1.82) is 0 Å². The summed E-state index contributed by atoms with van der Waals surface area (Å²) < 4.78 is 12.7. The van der Waals surface area contributed by atoms with E-state index in [1.807, 2.05) is 61.2 Å². The molecule has 3 aromatic rings. The van der Waals surface area contributed by atoms with E-state index in [2.05, 4.69) is 0 Å². The molecule has 1 aromatic heterocycles. The number of rotatable bonds is 10. The predicted molar refractivity (Wildman–Crippen MR) is 142 cm³/mol. The Morgan fingerprint density at radius 3 is 2.47 bits per heavy atom. The third-order valence-electron chi connectivity index (χ3n) is 7.04. The van der Waals surface area contributed by atoms with E-state index >= 15 is 0 Å². The molecule has 0 spiro atoms. The first-order chi connectivity index (χ1) is 17.6. The molecule has 0 aliphatic heterocycles. The van der Waals surface area contributed by atoms with Gasteiger partial charge in [0.15, 0.2) is 0 Å². The molecule has 7 nitrogen and oxygen atoms in total. The average Bonchev–Trinajstić information content (AvgIpc) is 2.92. The summed E-state index contributed by atoms with van der Waals surface area (Å²) in [6, 6.07) is 14.5. The fourth-order valence-electron chi connectivity index (χ4n) is 5.22. The second kappa shape index (κ2) is 12.2. The molecular formula is C29H37N3O4. The molecule has 1 unspecified atom stereocenters. The van der Waals surface area contributed by atoms with Gasteiger partial charge in [0, 0.05) is 19.6 Å². The van der Waals surface area contributed by atoms with Crippen molar-refractivity contribution in [3.05, 3.63) is 64.7 Å². The average molecular weight is 492 g/mol. The lowest BCUT2D eigenvalue weighted by molar-refractivity contribution is -0.140. The minimum absolute atomic E-state index is 0.00996. The van der Waals surface area contributed by atoms with Crippen molar-refractivity contribution in [3.8, 4) is 11.4 Å². The molecule has 2 aromatic carbocycles. The molecule has 192 valence electrons. The molecule has 1 heterocycles. The molecule has 1 aliphatic rings. The third-order valence-corrected chi connectivity index (χ3v) is 7.04. The van der Waals surface area contributed by atoms with Crippen LogP contribution < -0.4 is 10.3 Å². The highest BCUT2D eigenvalue weighted by atomic mass is 16.5. The maximum Gasteiger partial charge on any atom is 0.266 e. The van der Waals surface area contributed by atoms with Crippen LogP contribution in [0.1, 0.15) is 64.2 Å². The highest BCUT2D eigenvalue weighted by Crippen LogP contribution is 2.31. The summed E-state index contributed by atoms with van der Waals surface area (Å²) in [6.45, 7) is 5.43. The Labute approximate surface area is 213 Å². The van der Waals surface area contributed by atoms with Gasteiger partial charge in [-0.05, 0) is 62.6 Å². The Hall–Kier alpha value is -3.19. The molecule has 1 aliphatic carbocycles. The maximum atomic E-state index is 13.9. The van der Waals surface area contributed by atoms with Gasteiger partial charge in [-0.15, -0.1) is 0 Å². The largest absolute Gasteiger partial charge is 0.494 e. The van der Waals surface area contributed by atoms with Crippen LogP contribution in [0.15, 0.2) is 53.3 Å². The van der Waals surface area contributed by atoms with Crippen LogP contribution in [0.25, 0.3) is 16.6 Å². The maximum absolute atomic E-state index is 13.9. The number of para-hydroxylation sites is 1. The highest BCUT2D eigenvalue weighted by molar-refractivity contribution is 5.80. The van der Waals surface area contributed by atoms with Gasteiger partial charge in [-0.2, -0.15) is 0 Å². The van der Waals surface area contributed by atoms with Gasteiger partial charge in [0.05, 0.1) is 35.8 Å². The summed E-state index contributed by atoms with van der Waals surface area (Å²) in [7, 11) is 1.65. The molecule has 0 saturated heterocycles. The molecule has 1 atom stereocenters. The fraction of sp³-hybridized carbons (Fsp3) is 0.483. The second-order valence-electron chi connectivity index (χ2n) is 9.34. The van der Waals surface area contributed by atoms with E-state index in [0.717, 1.165) is 31.4 Å². The number of nitrogens with zero attached hydrogens (tertiary/aromatic N) is 3. The lowest BCUT2D eigenvalue weighted by Gasteiger charge is -2.35. The summed E-state index contributed by atoms with van der Waals surface area (Å²) in [4.78, 5) is 34.6. The zero-order valence-corrected chi connectivity index (χ0v) is 21.6. The van der Waals surface area contributed by atoms with Crippen LogP contribution in [0.3, 0.4) is 0 Å². The summed E-state index contributed by atoms with van der Waals surface area (Å²) >= 11 is 0. The quantitative estimate of drug-likeness (QED) is 0.385. The van der Waals surface area contributed by atoms with Crippen molar-refractivity contribution in [1.82, 2.24) is 14.5 Å². The SMILES string of the molecule is CCOc1ccc(-n2c(C(CC)N(CCOC)C(=O)C3CCCCC3)nc3ccccc3c2=O)cc1. The van der Waals surface area contributed by atoms with Gasteiger partial charge in [-0.3, -0.25) is 14.2 Å². The van der Waals surface area contributed by atoms with E-state index < -0.39 is 0 Å². The van der Waals surface area contributed by atoms with E-state index in [1.165, 1.54) is 6.42 Å². The first-order valence-corrected chi connectivity index (χ1v) is 13.1. The Morgan fingerprint density at radius 1 is 1.08 bits per heavy atom. The first kappa shape index (κ1) is 25.9. The van der Waals surface area contributed by atoms with Gasteiger partial charge in [0.1, 0.15) is 11.6 Å². The van der Waals surface area contributed by atoms with Crippen molar-refractivity contribution >= 4 is 16.8 Å². The van der Waals surface area contributed by atoms with Gasteiger partial charge < -0.3 is 14.4 Å². The van der Waals surface area contributed by atoms with Crippen LogP contribution in [0.4, 0.5) is 0 Å². The molecule has 1 fully saturated rings. The second-order valence-corrected chi connectivity index (χ2v) is 9.34. The van der Waals surface area contributed by atoms with E-state index in [0.29, 0.717) is 48.6 Å².